The van der Waals surface area contributed by atoms with Crippen LogP contribution in [0.4, 0.5) is 5.69 Å². The molecule has 3 rings (SSSR count). The zero-order valence-electron chi connectivity index (χ0n) is 16.3. The van der Waals surface area contributed by atoms with Crippen LogP contribution in [0.2, 0.25) is 0 Å². The minimum atomic E-state index is -0.461. The molecule has 6 nitrogen and oxygen atoms in total. The molecule has 148 valence electrons. The fourth-order valence-electron chi connectivity index (χ4n) is 2.76. The monoisotopic (exact) mass is 390 g/mol. The summed E-state index contributed by atoms with van der Waals surface area (Å²) in [5.74, 6) is -0.389. The second-order valence-electron chi connectivity index (χ2n) is 6.48. The van der Waals surface area contributed by atoms with Gasteiger partial charge in [-0.15, -0.1) is 0 Å². The second kappa shape index (κ2) is 9.52. The van der Waals surface area contributed by atoms with Gasteiger partial charge >= 0.3 is 0 Å². The number of hydrogen-bond donors (Lipinski definition) is 2. The molecule has 0 aliphatic carbocycles. The first kappa shape index (κ1) is 20.1. The first-order chi connectivity index (χ1) is 14.0. The molecule has 6 heteroatoms. The van der Waals surface area contributed by atoms with E-state index < -0.39 is 5.91 Å². The predicted octanol–water partition coefficient (Wildman–Crippen LogP) is 4.14. The van der Waals surface area contributed by atoms with E-state index in [-0.39, 0.29) is 11.6 Å². The van der Waals surface area contributed by atoms with Crippen molar-refractivity contribution in [1.29, 1.82) is 0 Å². The maximum Gasteiger partial charge on any atom is 0.272 e. The largest absolute Gasteiger partial charge is 0.465 e. The van der Waals surface area contributed by atoms with Crippen molar-refractivity contribution in [3.63, 3.8) is 0 Å². The van der Waals surface area contributed by atoms with E-state index in [2.05, 4.69) is 10.6 Å². The van der Waals surface area contributed by atoms with Crippen LogP contribution in [0.1, 0.15) is 27.2 Å². The van der Waals surface area contributed by atoms with Crippen LogP contribution in [-0.4, -0.2) is 18.9 Å². The van der Waals surface area contributed by atoms with Gasteiger partial charge in [-0.2, -0.15) is 0 Å². The van der Waals surface area contributed by atoms with E-state index in [1.54, 1.807) is 43.5 Å². The smallest absolute Gasteiger partial charge is 0.272 e. The molecule has 0 spiro atoms. The number of carbonyl (C=O) groups excluding carboxylic acids is 2. The van der Waals surface area contributed by atoms with Crippen molar-refractivity contribution in [3.05, 3.63) is 95.1 Å². The molecule has 2 N–H and O–H groups in total. The number of hydrogen-bond acceptors (Lipinski definition) is 4. The van der Waals surface area contributed by atoms with Crippen molar-refractivity contribution < 1.29 is 18.7 Å². The van der Waals surface area contributed by atoms with Gasteiger partial charge in [0, 0.05) is 24.4 Å². The van der Waals surface area contributed by atoms with Crippen LogP contribution in [0.25, 0.3) is 6.08 Å². The molecule has 0 atom stereocenters. The summed E-state index contributed by atoms with van der Waals surface area (Å²) in [5.41, 5.74) is 3.01. The van der Waals surface area contributed by atoms with Crippen molar-refractivity contribution in [3.8, 4) is 0 Å². The van der Waals surface area contributed by atoms with E-state index in [4.69, 9.17) is 9.15 Å². The lowest BCUT2D eigenvalue weighted by molar-refractivity contribution is -0.113. The molecule has 0 bridgehead atoms. The highest BCUT2D eigenvalue weighted by Gasteiger charge is 2.16. The zero-order chi connectivity index (χ0) is 20.6. The van der Waals surface area contributed by atoms with Crippen molar-refractivity contribution >= 4 is 23.6 Å². The summed E-state index contributed by atoms with van der Waals surface area (Å²) >= 11 is 0. The van der Waals surface area contributed by atoms with Gasteiger partial charge in [0.25, 0.3) is 11.8 Å². The standard InChI is InChI=1S/C23H22N2O4/c1-16-6-3-8-18(12-16)22(26)25-21(14-20-10-5-11-29-20)23(27)24-19-9-4-7-17(13-19)15-28-2/h3-14H,15H2,1-2H3,(H,24,27)(H,25,26)/b21-14-. The molecular weight excluding hydrogens is 368 g/mol. The number of rotatable bonds is 7. The van der Waals surface area contributed by atoms with Gasteiger partial charge in [-0.05, 0) is 48.9 Å². The third kappa shape index (κ3) is 5.67. The number of ether oxygens (including phenoxy) is 1. The highest BCUT2D eigenvalue weighted by atomic mass is 16.5. The van der Waals surface area contributed by atoms with Crippen LogP contribution >= 0.6 is 0 Å². The Bertz CT molecular complexity index is 1020. The van der Waals surface area contributed by atoms with Crippen LogP contribution in [0.3, 0.4) is 0 Å². The van der Waals surface area contributed by atoms with Gasteiger partial charge in [-0.1, -0.05) is 29.8 Å². The van der Waals surface area contributed by atoms with E-state index >= 15 is 0 Å². The fraction of sp³-hybridized carbons (Fsp3) is 0.130. The molecule has 0 radical (unpaired) electrons. The molecule has 0 unspecified atom stereocenters. The molecule has 0 aliphatic rings. The second-order valence-corrected chi connectivity index (χ2v) is 6.48. The van der Waals surface area contributed by atoms with E-state index in [0.29, 0.717) is 23.6 Å². The number of furan rings is 1. The summed E-state index contributed by atoms with van der Waals surface area (Å²) in [5, 5.41) is 5.49. The molecule has 1 aromatic heterocycles. The number of benzene rings is 2. The van der Waals surface area contributed by atoms with Gasteiger partial charge in [0.05, 0.1) is 12.9 Å². The average Bonchev–Trinajstić information content (AvgIpc) is 3.21. The molecule has 0 fully saturated rings. The summed E-state index contributed by atoms with van der Waals surface area (Å²) in [4.78, 5) is 25.5. The normalized spacial score (nSPS) is 11.2. The minimum absolute atomic E-state index is 0.0728. The third-order valence-electron chi connectivity index (χ3n) is 4.10. The predicted molar refractivity (Wildman–Crippen MR) is 111 cm³/mol. The third-order valence-corrected chi connectivity index (χ3v) is 4.10. The van der Waals surface area contributed by atoms with E-state index in [0.717, 1.165) is 11.1 Å². The van der Waals surface area contributed by atoms with Crippen LogP contribution in [-0.2, 0) is 16.1 Å². The van der Waals surface area contributed by atoms with Gasteiger partial charge in [0.15, 0.2) is 0 Å². The maximum absolute atomic E-state index is 12.9. The van der Waals surface area contributed by atoms with Gasteiger partial charge in [0.1, 0.15) is 11.5 Å². The summed E-state index contributed by atoms with van der Waals surface area (Å²) in [6, 6.07) is 17.9. The molecule has 2 amide bonds. The first-order valence-electron chi connectivity index (χ1n) is 9.07. The van der Waals surface area contributed by atoms with Crippen molar-refractivity contribution in [2.75, 3.05) is 12.4 Å². The fourth-order valence-corrected chi connectivity index (χ4v) is 2.76. The summed E-state index contributed by atoms with van der Waals surface area (Å²) in [6.07, 6.45) is 2.99. The Morgan fingerprint density at radius 3 is 2.62 bits per heavy atom. The maximum atomic E-state index is 12.9. The lowest BCUT2D eigenvalue weighted by Gasteiger charge is -2.12. The number of methoxy groups -OCH3 is 1. The number of nitrogens with one attached hydrogen (secondary N) is 2. The molecule has 0 aliphatic heterocycles. The van der Waals surface area contributed by atoms with Gasteiger partial charge in [0.2, 0.25) is 0 Å². The van der Waals surface area contributed by atoms with Crippen molar-refractivity contribution in [1.82, 2.24) is 5.32 Å². The summed E-state index contributed by atoms with van der Waals surface area (Å²) in [7, 11) is 1.61. The lowest BCUT2D eigenvalue weighted by Crippen LogP contribution is -2.30. The SMILES string of the molecule is COCc1cccc(NC(=O)/C(=C/c2ccco2)NC(=O)c2cccc(C)c2)c1. The highest BCUT2D eigenvalue weighted by molar-refractivity contribution is 6.10. The Kier molecular flexibility index (Phi) is 6.60. The van der Waals surface area contributed by atoms with Gasteiger partial charge in [-0.3, -0.25) is 9.59 Å². The first-order valence-corrected chi connectivity index (χ1v) is 9.07. The zero-order valence-corrected chi connectivity index (χ0v) is 16.3. The average molecular weight is 390 g/mol. The Labute approximate surface area is 169 Å². The molecule has 0 saturated carbocycles. The van der Waals surface area contributed by atoms with Gasteiger partial charge < -0.3 is 19.8 Å². The Morgan fingerprint density at radius 1 is 1.07 bits per heavy atom. The van der Waals surface area contributed by atoms with E-state index in [9.17, 15) is 9.59 Å². The van der Waals surface area contributed by atoms with Crippen molar-refractivity contribution in [2.45, 2.75) is 13.5 Å². The molecule has 29 heavy (non-hydrogen) atoms. The molecule has 3 aromatic rings. The lowest BCUT2D eigenvalue weighted by atomic mass is 10.1. The van der Waals surface area contributed by atoms with Crippen molar-refractivity contribution in [2.24, 2.45) is 0 Å². The quantitative estimate of drug-likeness (QED) is 0.594. The van der Waals surface area contributed by atoms with Crippen LogP contribution in [0.5, 0.6) is 0 Å². The molecule has 2 aromatic carbocycles. The number of aryl methyl sites for hydroxylation is 1. The minimum Gasteiger partial charge on any atom is -0.465 e. The summed E-state index contributed by atoms with van der Waals surface area (Å²) in [6.45, 7) is 2.33. The summed E-state index contributed by atoms with van der Waals surface area (Å²) < 4.78 is 10.4. The molecule has 1 heterocycles. The number of carbonyl (C=O) groups is 2. The molecular formula is C23H22N2O4. The highest BCUT2D eigenvalue weighted by Crippen LogP contribution is 2.14. The Balaban J connectivity index is 1.82. The van der Waals surface area contributed by atoms with Gasteiger partial charge in [-0.25, -0.2) is 0 Å². The number of amides is 2. The van der Waals surface area contributed by atoms with Crippen LogP contribution in [0, 0.1) is 6.92 Å². The Hall–Kier alpha value is -3.64. The van der Waals surface area contributed by atoms with Crippen LogP contribution in [0.15, 0.2) is 77.0 Å². The van der Waals surface area contributed by atoms with Crippen LogP contribution < -0.4 is 10.6 Å². The van der Waals surface area contributed by atoms with E-state index in [1.807, 2.05) is 31.2 Å². The number of anilines is 1. The van der Waals surface area contributed by atoms with E-state index in [1.165, 1.54) is 12.3 Å². The Morgan fingerprint density at radius 2 is 1.90 bits per heavy atom. The molecule has 0 saturated heterocycles. The topological polar surface area (TPSA) is 80.6 Å².